The highest BCUT2D eigenvalue weighted by molar-refractivity contribution is 5.91. The summed E-state index contributed by atoms with van der Waals surface area (Å²) in [5.74, 6) is -1.67. The van der Waals surface area contributed by atoms with Gasteiger partial charge in [0.1, 0.15) is 5.75 Å². The number of esters is 1. The normalized spacial score (nSPS) is 17.1. The zero-order chi connectivity index (χ0) is 23.0. The highest BCUT2D eigenvalue weighted by Gasteiger charge is 2.41. The van der Waals surface area contributed by atoms with Crippen molar-refractivity contribution < 1.29 is 27.2 Å². The second-order valence-electron chi connectivity index (χ2n) is 8.03. The molecule has 3 heterocycles. The molecule has 1 aliphatic rings. The molecule has 0 bridgehead atoms. The SMILES string of the molecule is CCC(C)N1CCC(c2nc(-n3nc(C)c4c(OC(=O)C(F)(F)F)cccc43)no2)CC1. The maximum atomic E-state index is 12.6. The van der Waals surface area contributed by atoms with Crippen molar-refractivity contribution in [2.45, 2.75) is 58.2 Å². The Balaban J connectivity index is 1.59. The monoisotopic (exact) mass is 451 g/mol. The molecule has 1 atom stereocenters. The number of fused-ring (bicyclic) bond motifs is 1. The van der Waals surface area contributed by atoms with Crippen molar-refractivity contribution in [3.63, 3.8) is 0 Å². The third-order valence-electron chi connectivity index (χ3n) is 5.99. The summed E-state index contributed by atoms with van der Waals surface area (Å²) in [6.07, 6.45) is -2.19. The fourth-order valence-electron chi connectivity index (χ4n) is 4.03. The molecule has 1 aliphatic heterocycles. The van der Waals surface area contributed by atoms with E-state index in [1.54, 1.807) is 13.0 Å². The number of hydrogen-bond donors (Lipinski definition) is 0. The molecule has 0 N–H and O–H groups in total. The highest BCUT2D eigenvalue weighted by atomic mass is 19.4. The van der Waals surface area contributed by atoms with E-state index in [0.717, 1.165) is 32.4 Å². The van der Waals surface area contributed by atoms with Gasteiger partial charge in [-0.2, -0.15) is 27.9 Å². The number of nitrogens with zero attached hydrogens (tertiary/aromatic N) is 5. The summed E-state index contributed by atoms with van der Waals surface area (Å²) in [5, 5.41) is 8.66. The van der Waals surface area contributed by atoms with Crippen molar-refractivity contribution in [2.75, 3.05) is 13.1 Å². The fourth-order valence-corrected chi connectivity index (χ4v) is 4.03. The van der Waals surface area contributed by atoms with E-state index in [2.05, 4.69) is 38.7 Å². The highest BCUT2D eigenvalue weighted by Crippen LogP contribution is 2.33. The Kier molecular flexibility index (Phi) is 5.93. The number of benzene rings is 1. The summed E-state index contributed by atoms with van der Waals surface area (Å²) in [6, 6.07) is 4.94. The lowest BCUT2D eigenvalue weighted by molar-refractivity contribution is -0.189. The summed E-state index contributed by atoms with van der Waals surface area (Å²) >= 11 is 0. The number of ether oxygens (including phenoxy) is 1. The van der Waals surface area contributed by atoms with Crippen LogP contribution in [0.1, 0.15) is 50.6 Å². The molecule has 1 fully saturated rings. The number of piperidine rings is 1. The van der Waals surface area contributed by atoms with Gasteiger partial charge in [-0.3, -0.25) is 0 Å². The molecular weight excluding hydrogens is 427 g/mol. The van der Waals surface area contributed by atoms with E-state index in [1.165, 1.54) is 16.8 Å². The Morgan fingerprint density at radius 3 is 2.69 bits per heavy atom. The largest absolute Gasteiger partial charge is 0.491 e. The van der Waals surface area contributed by atoms with E-state index in [9.17, 15) is 18.0 Å². The molecule has 2 aromatic heterocycles. The van der Waals surface area contributed by atoms with Crippen LogP contribution in [-0.4, -0.2) is 56.1 Å². The van der Waals surface area contributed by atoms with Crippen molar-refractivity contribution in [1.82, 2.24) is 24.8 Å². The lowest BCUT2D eigenvalue weighted by Gasteiger charge is -2.34. The van der Waals surface area contributed by atoms with E-state index < -0.39 is 12.1 Å². The number of aryl methyl sites for hydroxylation is 1. The van der Waals surface area contributed by atoms with Gasteiger partial charge in [-0.25, -0.2) is 4.79 Å². The predicted molar refractivity (Wildman–Crippen MR) is 109 cm³/mol. The van der Waals surface area contributed by atoms with Gasteiger partial charge in [-0.15, -0.1) is 0 Å². The molecular formula is C21H24F3N5O3. The van der Waals surface area contributed by atoms with Gasteiger partial charge in [-0.1, -0.05) is 13.0 Å². The Bertz CT molecular complexity index is 1120. The predicted octanol–water partition coefficient (Wildman–Crippen LogP) is 4.16. The number of carbonyl (C=O) groups excluding carboxylic acids is 1. The third-order valence-corrected chi connectivity index (χ3v) is 5.99. The van der Waals surface area contributed by atoms with Crippen LogP contribution in [0.3, 0.4) is 0 Å². The maximum Gasteiger partial charge on any atom is 0.491 e. The first-order valence-corrected chi connectivity index (χ1v) is 10.5. The molecule has 3 aromatic rings. The molecule has 0 spiro atoms. The van der Waals surface area contributed by atoms with E-state index in [1.807, 2.05) is 0 Å². The number of hydrogen-bond acceptors (Lipinski definition) is 7. The van der Waals surface area contributed by atoms with Crippen molar-refractivity contribution in [2.24, 2.45) is 0 Å². The zero-order valence-electron chi connectivity index (χ0n) is 18.0. The molecule has 0 radical (unpaired) electrons. The average molecular weight is 451 g/mol. The van der Waals surface area contributed by atoms with Crippen LogP contribution in [0, 0.1) is 6.92 Å². The van der Waals surface area contributed by atoms with Crippen molar-refractivity contribution in [1.29, 1.82) is 0 Å². The smallest absolute Gasteiger partial charge is 0.419 e. The van der Waals surface area contributed by atoms with Crippen LogP contribution in [-0.2, 0) is 4.79 Å². The second kappa shape index (κ2) is 8.53. The Labute approximate surface area is 182 Å². The second-order valence-corrected chi connectivity index (χ2v) is 8.03. The van der Waals surface area contributed by atoms with Crippen LogP contribution < -0.4 is 4.74 Å². The van der Waals surface area contributed by atoms with Gasteiger partial charge in [0, 0.05) is 12.0 Å². The summed E-state index contributed by atoms with van der Waals surface area (Å²) < 4.78 is 49.4. The lowest BCUT2D eigenvalue weighted by Crippen LogP contribution is -2.39. The lowest BCUT2D eigenvalue weighted by atomic mass is 9.95. The molecule has 32 heavy (non-hydrogen) atoms. The van der Waals surface area contributed by atoms with Crippen molar-refractivity contribution >= 4 is 16.9 Å². The Morgan fingerprint density at radius 1 is 1.31 bits per heavy atom. The number of halogens is 3. The van der Waals surface area contributed by atoms with Crippen LogP contribution in [0.2, 0.25) is 0 Å². The molecule has 1 saturated heterocycles. The minimum Gasteiger partial charge on any atom is -0.419 e. The Hall–Kier alpha value is -2.95. The van der Waals surface area contributed by atoms with Crippen molar-refractivity contribution in [3.8, 4) is 11.7 Å². The van der Waals surface area contributed by atoms with Crippen LogP contribution >= 0.6 is 0 Å². The van der Waals surface area contributed by atoms with Crippen LogP contribution in [0.5, 0.6) is 5.75 Å². The molecule has 0 saturated carbocycles. The van der Waals surface area contributed by atoms with Crippen LogP contribution in [0.4, 0.5) is 13.2 Å². The summed E-state index contributed by atoms with van der Waals surface area (Å²) in [4.78, 5) is 18.3. The van der Waals surface area contributed by atoms with Gasteiger partial charge in [-0.05, 0) is 63.5 Å². The van der Waals surface area contributed by atoms with E-state index in [-0.39, 0.29) is 23.0 Å². The van der Waals surface area contributed by atoms with Crippen molar-refractivity contribution in [3.05, 3.63) is 29.8 Å². The first-order valence-electron chi connectivity index (χ1n) is 10.5. The first kappa shape index (κ1) is 22.3. The van der Waals surface area contributed by atoms with E-state index in [0.29, 0.717) is 23.1 Å². The number of carbonyl (C=O) groups is 1. The quantitative estimate of drug-likeness (QED) is 0.425. The molecule has 1 aromatic carbocycles. The minimum atomic E-state index is -5.10. The Morgan fingerprint density at radius 2 is 2.03 bits per heavy atom. The number of rotatable bonds is 5. The van der Waals surface area contributed by atoms with Gasteiger partial charge >= 0.3 is 12.1 Å². The molecule has 1 unspecified atom stereocenters. The van der Waals surface area contributed by atoms with Gasteiger partial charge in [0.2, 0.25) is 5.89 Å². The van der Waals surface area contributed by atoms with Gasteiger partial charge in [0.15, 0.2) is 0 Å². The first-order chi connectivity index (χ1) is 15.2. The summed E-state index contributed by atoms with van der Waals surface area (Å²) in [5.41, 5.74) is 0.785. The zero-order valence-corrected chi connectivity index (χ0v) is 18.0. The fraction of sp³-hybridized carbons (Fsp3) is 0.524. The van der Waals surface area contributed by atoms with Gasteiger partial charge < -0.3 is 14.2 Å². The molecule has 8 nitrogen and oxygen atoms in total. The molecule has 11 heteroatoms. The third kappa shape index (κ3) is 4.21. The summed E-state index contributed by atoms with van der Waals surface area (Å²) in [7, 11) is 0. The topological polar surface area (TPSA) is 86.3 Å². The van der Waals surface area contributed by atoms with E-state index >= 15 is 0 Å². The number of likely N-dealkylation sites (tertiary alicyclic amines) is 1. The molecule has 0 amide bonds. The van der Waals surface area contributed by atoms with Gasteiger partial charge in [0.05, 0.1) is 16.6 Å². The average Bonchev–Trinajstić information content (AvgIpc) is 3.38. The minimum absolute atomic E-state index is 0.141. The standard InChI is InChI=1S/C21H24F3N5O3/c1-4-12(2)28-10-8-14(9-11-28)18-25-20(27-32-18)29-15-6-5-7-16(17(15)13(3)26-29)31-19(30)21(22,23)24/h5-7,12,14H,4,8-11H2,1-3H3. The number of alkyl halides is 3. The van der Waals surface area contributed by atoms with Gasteiger partial charge in [0.25, 0.3) is 5.95 Å². The van der Waals surface area contributed by atoms with Crippen LogP contribution in [0.25, 0.3) is 16.9 Å². The van der Waals surface area contributed by atoms with Crippen LogP contribution in [0.15, 0.2) is 22.7 Å². The number of aromatic nitrogens is 4. The summed E-state index contributed by atoms with van der Waals surface area (Å²) in [6.45, 7) is 7.91. The maximum absolute atomic E-state index is 12.6. The van der Waals surface area contributed by atoms with E-state index in [4.69, 9.17) is 4.52 Å². The molecule has 4 rings (SSSR count). The molecule has 0 aliphatic carbocycles. The molecule has 172 valence electrons.